The molecule has 0 aliphatic carbocycles. The summed E-state index contributed by atoms with van der Waals surface area (Å²) in [5.41, 5.74) is 8.52. The number of rotatable bonds is 10. The van der Waals surface area contributed by atoms with Gasteiger partial charge in [-0.1, -0.05) is 23.7 Å². The van der Waals surface area contributed by atoms with Crippen molar-refractivity contribution in [1.82, 2.24) is 24.6 Å². The Morgan fingerprint density at radius 2 is 2.03 bits per heavy atom. The van der Waals surface area contributed by atoms with E-state index >= 15 is 0 Å². The zero-order valence-electron chi connectivity index (χ0n) is 18.5. The summed E-state index contributed by atoms with van der Waals surface area (Å²) in [5, 5.41) is 2.60. The normalized spacial score (nSPS) is 11.6. The first kappa shape index (κ1) is 24.7. The molecule has 0 radical (unpaired) electrons. The molecule has 178 valence electrons. The monoisotopic (exact) mass is 494 g/mol. The van der Waals surface area contributed by atoms with Crippen LogP contribution < -0.4 is 15.8 Å². The summed E-state index contributed by atoms with van der Waals surface area (Å²) in [6.45, 7) is 5.70. The molecule has 0 saturated carbocycles. The molecule has 2 heterocycles. The number of hydrogen-bond acceptors (Lipinski definition) is 7. The summed E-state index contributed by atoms with van der Waals surface area (Å²) in [4.78, 5) is 20.7. The molecule has 0 unspecified atom stereocenters. The molecule has 12 heteroatoms. The Morgan fingerprint density at radius 3 is 2.76 bits per heavy atom. The van der Waals surface area contributed by atoms with E-state index in [1.165, 1.54) is 18.2 Å². The van der Waals surface area contributed by atoms with Crippen molar-refractivity contribution >= 4 is 44.5 Å². The number of ether oxygens (including phenoxy) is 1. The number of aryl methyl sites for hydroxylation is 2. The van der Waals surface area contributed by atoms with Gasteiger partial charge < -0.3 is 20.4 Å². The molecule has 3 aromatic rings. The highest BCUT2D eigenvalue weighted by Crippen LogP contribution is 2.24. The summed E-state index contributed by atoms with van der Waals surface area (Å²) in [6.07, 6.45) is 3.04. The number of unbranched alkanes of at least 4 members (excludes halogenated alkanes) is 1. The number of fused-ring (bicyclic) bond motifs is 1. The average molecular weight is 495 g/mol. The predicted molar refractivity (Wildman–Crippen MR) is 126 cm³/mol. The number of carbonyl (C=O) groups excluding carboxylic acids is 1. The Labute approximate surface area is 197 Å². The summed E-state index contributed by atoms with van der Waals surface area (Å²) < 4.78 is 34.2. The van der Waals surface area contributed by atoms with Crippen LogP contribution in [0.25, 0.3) is 11.0 Å². The number of hydrogen-bond donors (Lipinski definition) is 3. The van der Waals surface area contributed by atoms with Gasteiger partial charge in [0.25, 0.3) is 10.0 Å². The summed E-state index contributed by atoms with van der Waals surface area (Å²) in [7, 11) is -4.05. The highest BCUT2D eigenvalue weighted by Gasteiger charge is 2.20. The predicted octanol–water partition coefficient (Wildman–Crippen LogP) is 2.98. The first-order valence-corrected chi connectivity index (χ1v) is 12.3. The van der Waals surface area contributed by atoms with Gasteiger partial charge in [-0.15, -0.1) is 0 Å². The van der Waals surface area contributed by atoms with E-state index in [9.17, 15) is 13.2 Å². The molecule has 3 rings (SSSR count). The highest BCUT2D eigenvalue weighted by atomic mass is 35.5. The number of nitrogens with one attached hydrogen (secondary N) is 2. The third-order valence-electron chi connectivity index (χ3n) is 4.94. The fourth-order valence-corrected chi connectivity index (χ4v) is 4.83. The van der Waals surface area contributed by atoms with Gasteiger partial charge in [0, 0.05) is 25.9 Å². The number of imidazole rings is 1. The fourth-order valence-electron chi connectivity index (χ4n) is 3.38. The minimum absolute atomic E-state index is 0.0411. The zero-order valence-corrected chi connectivity index (χ0v) is 20.0. The van der Waals surface area contributed by atoms with E-state index in [-0.39, 0.29) is 9.92 Å². The van der Waals surface area contributed by atoms with Crippen LogP contribution in [0.15, 0.2) is 35.4 Å². The Hall–Kier alpha value is -2.89. The van der Waals surface area contributed by atoms with Gasteiger partial charge in [0.05, 0.1) is 10.5 Å². The maximum Gasteiger partial charge on any atom is 0.328 e. The fraction of sp³-hybridized carbons (Fsp3) is 0.381. The lowest BCUT2D eigenvalue weighted by molar-refractivity contribution is 0.126. The van der Waals surface area contributed by atoms with E-state index in [0.717, 1.165) is 16.9 Å². The molecule has 2 amide bonds. The minimum Gasteiger partial charge on any atom is -0.382 e. The number of urea groups is 1. The average Bonchev–Trinajstić information content (AvgIpc) is 3.14. The number of aromatic nitrogens is 3. The Morgan fingerprint density at radius 1 is 1.27 bits per heavy atom. The molecule has 33 heavy (non-hydrogen) atoms. The number of carbonyl (C=O) groups is 1. The van der Waals surface area contributed by atoms with Gasteiger partial charge in [0.15, 0.2) is 5.82 Å². The molecular weight excluding hydrogens is 468 g/mol. The van der Waals surface area contributed by atoms with Gasteiger partial charge in [-0.2, -0.15) is 0 Å². The second-order valence-corrected chi connectivity index (χ2v) is 9.40. The summed E-state index contributed by atoms with van der Waals surface area (Å²) in [5.74, 6) is 1.12. The van der Waals surface area contributed by atoms with E-state index in [1.807, 2.05) is 18.6 Å². The van der Waals surface area contributed by atoms with Crippen LogP contribution in [-0.4, -0.2) is 42.1 Å². The molecule has 0 spiro atoms. The van der Waals surface area contributed by atoms with Crippen molar-refractivity contribution in [2.24, 2.45) is 0 Å². The highest BCUT2D eigenvalue weighted by molar-refractivity contribution is 7.90. The SMILES string of the molecule is CCOCc1nc2c(N)ncc(C)c2n1CCCCNC(=O)NS(=O)(=O)c1ccccc1Cl. The standard InChI is InChI=1S/C21H27ClN6O4S/c1-3-32-13-17-26-18-19(14(2)12-25-20(18)23)28(17)11-7-6-10-24-21(29)27-33(30,31)16-9-5-4-8-15(16)22/h4-5,8-9,12H,3,6-7,10-11,13H2,1-2H3,(H2,23,25)(H2,24,27,29). The minimum atomic E-state index is -4.05. The third kappa shape index (κ3) is 5.92. The molecule has 1 aromatic carbocycles. The smallest absolute Gasteiger partial charge is 0.328 e. The van der Waals surface area contributed by atoms with E-state index in [1.54, 1.807) is 12.3 Å². The molecule has 0 saturated heterocycles. The Bertz CT molecular complexity index is 1250. The number of nitrogen functional groups attached to an aromatic ring is 1. The number of pyridine rings is 1. The molecule has 0 bridgehead atoms. The van der Waals surface area contributed by atoms with Crippen LogP contribution in [0.5, 0.6) is 0 Å². The van der Waals surface area contributed by atoms with Gasteiger partial charge in [-0.05, 0) is 44.4 Å². The summed E-state index contributed by atoms with van der Waals surface area (Å²) >= 11 is 5.91. The molecule has 0 fully saturated rings. The Kier molecular flexibility index (Phi) is 8.11. The van der Waals surface area contributed by atoms with Gasteiger partial charge in [0.2, 0.25) is 0 Å². The van der Waals surface area contributed by atoms with Crippen molar-refractivity contribution in [1.29, 1.82) is 0 Å². The first-order valence-electron chi connectivity index (χ1n) is 10.5. The number of amides is 2. The van der Waals surface area contributed by atoms with Crippen molar-refractivity contribution in [2.45, 2.75) is 44.7 Å². The van der Waals surface area contributed by atoms with Crippen LogP contribution >= 0.6 is 11.6 Å². The first-order chi connectivity index (χ1) is 15.7. The van der Waals surface area contributed by atoms with Crippen molar-refractivity contribution in [3.8, 4) is 0 Å². The molecule has 4 N–H and O–H groups in total. The quantitative estimate of drug-likeness (QED) is 0.368. The van der Waals surface area contributed by atoms with E-state index < -0.39 is 16.1 Å². The maximum atomic E-state index is 12.3. The lowest BCUT2D eigenvalue weighted by atomic mass is 10.2. The number of anilines is 1. The van der Waals surface area contributed by atoms with Crippen molar-refractivity contribution in [2.75, 3.05) is 18.9 Å². The van der Waals surface area contributed by atoms with E-state index in [4.69, 9.17) is 22.1 Å². The Balaban J connectivity index is 1.57. The van der Waals surface area contributed by atoms with Gasteiger partial charge in [-0.25, -0.2) is 27.9 Å². The van der Waals surface area contributed by atoms with Gasteiger partial charge in [-0.3, -0.25) is 0 Å². The van der Waals surface area contributed by atoms with Crippen LogP contribution in [0, 0.1) is 6.92 Å². The molecule has 2 aromatic heterocycles. The van der Waals surface area contributed by atoms with Crippen molar-refractivity contribution < 1.29 is 17.9 Å². The van der Waals surface area contributed by atoms with Crippen LogP contribution in [-0.2, 0) is 27.9 Å². The van der Waals surface area contributed by atoms with Crippen molar-refractivity contribution in [3.63, 3.8) is 0 Å². The number of sulfonamides is 1. The van der Waals surface area contributed by atoms with E-state index in [0.29, 0.717) is 50.5 Å². The maximum absolute atomic E-state index is 12.3. The molecule has 0 aliphatic rings. The molecule has 10 nitrogen and oxygen atoms in total. The van der Waals surface area contributed by atoms with Crippen LogP contribution in [0.2, 0.25) is 5.02 Å². The summed E-state index contributed by atoms with van der Waals surface area (Å²) in [6, 6.07) is 5.10. The van der Waals surface area contributed by atoms with Crippen LogP contribution in [0.4, 0.5) is 10.6 Å². The van der Waals surface area contributed by atoms with Crippen molar-refractivity contribution in [3.05, 3.63) is 46.9 Å². The molecule has 0 aliphatic heterocycles. The number of nitrogens with zero attached hydrogens (tertiary/aromatic N) is 3. The van der Waals surface area contributed by atoms with Crippen LogP contribution in [0.1, 0.15) is 31.2 Å². The van der Waals surface area contributed by atoms with Gasteiger partial charge >= 0.3 is 6.03 Å². The second kappa shape index (κ2) is 10.8. The van der Waals surface area contributed by atoms with Crippen LogP contribution in [0.3, 0.4) is 0 Å². The lowest BCUT2D eigenvalue weighted by Gasteiger charge is -2.12. The number of halogens is 1. The lowest BCUT2D eigenvalue weighted by Crippen LogP contribution is -2.39. The molecule has 0 atom stereocenters. The zero-order chi connectivity index (χ0) is 24.0. The largest absolute Gasteiger partial charge is 0.382 e. The third-order valence-corrected chi connectivity index (χ3v) is 6.77. The number of benzene rings is 1. The number of nitrogens with two attached hydrogens (primary N) is 1. The van der Waals surface area contributed by atoms with Gasteiger partial charge in [0.1, 0.15) is 22.8 Å². The van der Waals surface area contributed by atoms with E-state index in [2.05, 4.69) is 19.9 Å². The topological polar surface area (TPSA) is 141 Å². The second-order valence-electron chi connectivity index (χ2n) is 7.34. The molecular formula is C21H27ClN6O4S.